The van der Waals surface area contributed by atoms with Crippen LogP contribution in [0.1, 0.15) is 83.4 Å². The van der Waals surface area contributed by atoms with Crippen molar-refractivity contribution in [1.82, 2.24) is 25.1 Å². The van der Waals surface area contributed by atoms with E-state index in [0.29, 0.717) is 29.0 Å². The van der Waals surface area contributed by atoms with E-state index in [4.69, 9.17) is 4.98 Å². The number of fused-ring (bicyclic) bond motifs is 1. The number of hydrogen-bond donors (Lipinski definition) is 2. The molecule has 2 aliphatic carbocycles. The number of carbonyl (C=O) groups is 1. The molecule has 0 bridgehead atoms. The molecule has 2 N–H and O–H groups in total. The largest absolute Gasteiger partial charge is 0.416 e. The second kappa shape index (κ2) is 10.8. The number of hydrogen-bond acceptors (Lipinski definition) is 5. The van der Waals surface area contributed by atoms with Crippen molar-refractivity contribution < 1.29 is 18.0 Å². The Morgan fingerprint density at radius 2 is 1.84 bits per heavy atom. The van der Waals surface area contributed by atoms with Gasteiger partial charge >= 0.3 is 6.18 Å². The van der Waals surface area contributed by atoms with Crippen LogP contribution in [0, 0.1) is 6.92 Å². The first-order valence-electron chi connectivity index (χ1n) is 14.8. The molecule has 7 rings (SSSR count). The molecule has 2 aromatic heterocycles. The molecule has 0 aliphatic heterocycles. The summed E-state index contributed by atoms with van der Waals surface area (Å²) in [5, 5.41) is 11.7. The fourth-order valence-electron chi connectivity index (χ4n) is 5.55. The zero-order valence-electron chi connectivity index (χ0n) is 24.3. The summed E-state index contributed by atoms with van der Waals surface area (Å²) in [6.07, 6.45) is 3.81. The molecule has 10 heteroatoms. The summed E-state index contributed by atoms with van der Waals surface area (Å²) >= 11 is 0. The van der Waals surface area contributed by atoms with Gasteiger partial charge in [0.1, 0.15) is 0 Å². The number of anilines is 2. The zero-order valence-corrected chi connectivity index (χ0v) is 24.3. The van der Waals surface area contributed by atoms with E-state index < -0.39 is 17.8 Å². The standard InChI is InChI=1S/C34H31F3N6O/c1-19(22-4-3-5-26(14-22)34(35,36)37)39-32(44)24-10-13-28(21-6-7-21)29(15-24)23-8-9-25-17-38-33(40-30(25)16-23)41-31-18-43(27-11-12-27)42-20(31)2/h3-5,8-10,13-19,21,27H,6-7,11-12H2,1-2H3,(H,39,44)(H,38,40,41)/t19-/m1/s1. The number of aromatic nitrogens is 4. The number of halogens is 3. The summed E-state index contributed by atoms with van der Waals surface area (Å²) < 4.78 is 41.7. The van der Waals surface area contributed by atoms with Crippen molar-refractivity contribution in [3.05, 3.63) is 101 Å². The van der Waals surface area contributed by atoms with Crippen LogP contribution in [0.3, 0.4) is 0 Å². The molecule has 7 nitrogen and oxygen atoms in total. The summed E-state index contributed by atoms with van der Waals surface area (Å²) in [5.41, 5.74) is 5.67. The second-order valence-electron chi connectivity index (χ2n) is 11.8. The van der Waals surface area contributed by atoms with E-state index in [1.165, 1.54) is 11.6 Å². The molecule has 5 aromatic rings. The Kier molecular flexibility index (Phi) is 6.87. The number of nitrogens with one attached hydrogen (secondary N) is 2. The van der Waals surface area contributed by atoms with Crippen LogP contribution in [0.2, 0.25) is 0 Å². The first kappa shape index (κ1) is 28.1. The first-order chi connectivity index (χ1) is 21.1. The van der Waals surface area contributed by atoms with Crippen molar-refractivity contribution in [2.75, 3.05) is 5.32 Å². The molecule has 0 radical (unpaired) electrons. The molecule has 0 unspecified atom stereocenters. The molecule has 2 fully saturated rings. The molecular formula is C34H31F3N6O. The van der Waals surface area contributed by atoms with Crippen LogP contribution in [0.4, 0.5) is 24.8 Å². The minimum atomic E-state index is -4.45. The molecule has 0 spiro atoms. The molecule has 224 valence electrons. The van der Waals surface area contributed by atoms with Crippen molar-refractivity contribution in [1.29, 1.82) is 0 Å². The van der Waals surface area contributed by atoms with Gasteiger partial charge in [0.15, 0.2) is 0 Å². The Bertz CT molecular complexity index is 1890. The van der Waals surface area contributed by atoms with E-state index in [1.54, 1.807) is 25.3 Å². The zero-order chi connectivity index (χ0) is 30.6. The molecule has 1 amide bonds. The van der Waals surface area contributed by atoms with Gasteiger partial charge in [-0.15, -0.1) is 0 Å². The van der Waals surface area contributed by atoms with Crippen LogP contribution in [-0.4, -0.2) is 25.7 Å². The molecule has 2 aliphatic rings. The second-order valence-corrected chi connectivity index (χ2v) is 11.8. The minimum Gasteiger partial charge on any atom is -0.346 e. The first-order valence-corrected chi connectivity index (χ1v) is 14.8. The van der Waals surface area contributed by atoms with Crippen molar-refractivity contribution in [3.63, 3.8) is 0 Å². The summed E-state index contributed by atoms with van der Waals surface area (Å²) in [7, 11) is 0. The highest BCUT2D eigenvalue weighted by Gasteiger charge is 2.31. The maximum atomic E-state index is 13.3. The Balaban J connectivity index is 1.16. The Labute approximate surface area is 252 Å². The number of rotatable bonds is 8. The Morgan fingerprint density at radius 1 is 1.02 bits per heavy atom. The van der Waals surface area contributed by atoms with Gasteiger partial charge in [0, 0.05) is 23.3 Å². The van der Waals surface area contributed by atoms with Crippen LogP contribution in [0.15, 0.2) is 73.1 Å². The average Bonchev–Trinajstić information content (AvgIpc) is 3.95. The van der Waals surface area contributed by atoms with E-state index in [0.717, 1.165) is 71.2 Å². The Hall–Kier alpha value is -4.73. The molecule has 1 atom stereocenters. The van der Waals surface area contributed by atoms with Gasteiger partial charge in [0.2, 0.25) is 5.95 Å². The predicted molar refractivity (Wildman–Crippen MR) is 163 cm³/mol. The van der Waals surface area contributed by atoms with Crippen molar-refractivity contribution in [2.45, 2.75) is 63.7 Å². The van der Waals surface area contributed by atoms with Crippen molar-refractivity contribution in [2.24, 2.45) is 0 Å². The summed E-state index contributed by atoms with van der Waals surface area (Å²) in [5.74, 6) is 0.554. The lowest BCUT2D eigenvalue weighted by Gasteiger charge is -2.17. The van der Waals surface area contributed by atoms with Crippen LogP contribution in [0.5, 0.6) is 0 Å². The number of alkyl halides is 3. The summed E-state index contributed by atoms with van der Waals surface area (Å²) in [6, 6.07) is 16.6. The number of benzene rings is 3. The highest BCUT2D eigenvalue weighted by molar-refractivity contribution is 5.96. The van der Waals surface area contributed by atoms with Crippen molar-refractivity contribution in [3.8, 4) is 11.1 Å². The smallest absolute Gasteiger partial charge is 0.346 e. The number of carbonyl (C=O) groups excluding carboxylic acids is 1. The summed E-state index contributed by atoms with van der Waals surface area (Å²) in [6.45, 7) is 3.64. The fraction of sp³-hybridized carbons (Fsp3) is 0.294. The van der Waals surface area contributed by atoms with Gasteiger partial charge < -0.3 is 10.6 Å². The molecule has 2 heterocycles. The maximum Gasteiger partial charge on any atom is 0.416 e. The monoisotopic (exact) mass is 596 g/mol. The van der Waals surface area contributed by atoms with Gasteiger partial charge in [-0.2, -0.15) is 18.3 Å². The van der Waals surface area contributed by atoms with Gasteiger partial charge in [-0.3, -0.25) is 9.48 Å². The van der Waals surface area contributed by atoms with E-state index in [9.17, 15) is 18.0 Å². The third kappa shape index (κ3) is 5.76. The van der Waals surface area contributed by atoms with Crippen LogP contribution in [0.25, 0.3) is 22.0 Å². The SMILES string of the molecule is Cc1nn(C2CC2)cc1Nc1ncc2ccc(-c3cc(C(=O)N[C@H](C)c4cccc(C(F)(F)F)c4)ccc3C3CC3)cc2n1. The van der Waals surface area contributed by atoms with E-state index in [-0.39, 0.29) is 5.91 Å². The summed E-state index contributed by atoms with van der Waals surface area (Å²) in [4.78, 5) is 22.6. The molecule has 0 saturated heterocycles. The highest BCUT2D eigenvalue weighted by atomic mass is 19.4. The maximum absolute atomic E-state index is 13.3. The van der Waals surface area contributed by atoms with Gasteiger partial charge in [0.05, 0.1) is 34.5 Å². The third-order valence-corrected chi connectivity index (χ3v) is 8.37. The fourth-order valence-corrected chi connectivity index (χ4v) is 5.55. The number of amides is 1. The van der Waals surface area contributed by atoms with Gasteiger partial charge in [-0.1, -0.05) is 30.3 Å². The minimum absolute atomic E-state index is 0.352. The average molecular weight is 597 g/mol. The normalized spacial score (nSPS) is 15.8. The molecule has 44 heavy (non-hydrogen) atoms. The predicted octanol–water partition coefficient (Wildman–Crippen LogP) is 8.27. The van der Waals surface area contributed by atoms with Crippen LogP contribution < -0.4 is 10.6 Å². The lowest BCUT2D eigenvalue weighted by atomic mass is 9.93. The molecule has 3 aromatic carbocycles. The quantitative estimate of drug-likeness (QED) is 0.188. The van der Waals surface area contributed by atoms with Gasteiger partial charge in [-0.25, -0.2) is 9.97 Å². The van der Waals surface area contributed by atoms with Crippen LogP contribution >= 0.6 is 0 Å². The van der Waals surface area contributed by atoms with Gasteiger partial charge in [0.25, 0.3) is 5.91 Å². The topological polar surface area (TPSA) is 84.7 Å². The highest BCUT2D eigenvalue weighted by Crippen LogP contribution is 2.45. The number of nitrogens with zero attached hydrogens (tertiary/aromatic N) is 4. The third-order valence-electron chi connectivity index (χ3n) is 8.37. The van der Waals surface area contributed by atoms with Gasteiger partial charge in [-0.05, 0) is 98.0 Å². The van der Waals surface area contributed by atoms with E-state index in [2.05, 4.69) is 20.7 Å². The molecular weight excluding hydrogens is 565 g/mol. The van der Waals surface area contributed by atoms with E-state index >= 15 is 0 Å². The lowest BCUT2D eigenvalue weighted by Crippen LogP contribution is -2.27. The van der Waals surface area contributed by atoms with E-state index in [1.807, 2.05) is 48.1 Å². The molecule has 2 saturated carbocycles. The lowest BCUT2D eigenvalue weighted by molar-refractivity contribution is -0.137. The Morgan fingerprint density at radius 3 is 2.59 bits per heavy atom. The number of aryl methyl sites for hydroxylation is 1. The van der Waals surface area contributed by atoms with Crippen molar-refractivity contribution >= 4 is 28.4 Å². The van der Waals surface area contributed by atoms with Crippen LogP contribution in [-0.2, 0) is 6.18 Å².